The Morgan fingerprint density at radius 2 is 1.67 bits per heavy atom. The molecule has 2 nitrogen and oxygen atoms in total. The van der Waals surface area contributed by atoms with Crippen molar-refractivity contribution in [3.8, 4) is 0 Å². The lowest BCUT2D eigenvalue weighted by Gasteiger charge is -2.44. The molecule has 0 heterocycles. The van der Waals surface area contributed by atoms with Crippen LogP contribution in [0.4, 0.5) is 0 Å². The van der Waals surface area contributed by atoms with E-state index >= 15 is 0 Å². The van der Waals surface area contributed by atoms with Crippen LogP contribution >= 0.6 is 0 Å². The molecule has 0 bridgehead atoms. The fourth-order valence-corrected chi connectivity index (χ4v) is 3.22. The van der Waals surface area contributed by atoms with Gasteiger partial charge in [-0.05, 0) is 59.7 Å². The number of rotatable bonds is 6. The highest BCUT2D eigenvalue weighted by molar-refractivity contribution is 4.95. The van der Waals surface area contributed by atoms with Crippen molar-refractivity contribution in [2.45, 2.75) is 77.3 Å². The summed E-state index contributed by atoms with van der Waals surface area (Å²) in [5.41, 5.74) is 0.240. The van der Waals surface area contributed by atoms with Gasteiger partial charge in [-0.3, -0.25) is 0 Å². The van der Waals surface area contributed by atoms with E-state index in [4.69, 9.17) is 0 Å². The molecule has 1 atom stereocenters. The molecule has 1 N–H and O–H groups in total. The van der Waals surface area contributed by atoms with Crippen LogP contribution in [0.1, 0.15) is 65.7 Å². The minimum atomic E-state index is 0.240. The SMILES string of the molecule is CCCNC(C1CCCCCC1)C(C)(C)N(C)C. The zero-order chi connectivity index (χ0) is 13.6. The summed E-state index contributed by atoms with van der Waals surface area (Å²) in [6.45, 7) is 8.20. The van der Waals surface area contributed by atoms with Crippen LogP contribution in [-0.2, 0) is 0 Å². The molecule has 0 aliphatic heterocycles. The van der Waals surface area contributed by atoms with Crippen LogP contribution in [0.2, 0.25) is 0 Å². The first-order valence-corrected chi connectivity index (χ1v) is 7.91. The molecule has 1 aliphatic carbocycles. The first-order chi connectivity index (χ1) is 8.50. The average Bonchev–Trinajstić information content (AvgIpc) is 2.58. The topological polar surface area (TPSA) is 15.3 Å². The van der Waals surface area contributed by atoms with Crippen molar-refractivity contribution in [3.63, 3.8) is 0 Å². The van der Waals surface area contributed by atoms with Gasteiger partial charge in [-0.25, -0.2) is 0 Å². The van der Waals surface area contributed by atoms with E-state index in [2.05, 4.69) is 45.1 Å². The first kappa shape index (κ1) is 16.0. The maximum atomic E-state index is 3.85. The highest BCUT2D eigenvalue weighted by Gasteiger charge is 2.36. The van der Waals surface area contributed by atoms with Gasteiger partial charge >= 0.3 is 0 Å². The summed E-state index contributed by atoms with van der Waals surface area (Å²) < 4.78 is 0. The molecule has 0 aromatic carbocycles. The van der Waals surface area contributed by atoms with E-state index in [1.54, 1.807) is 0 Å². The molecule has 1 saturated carbocycles. The molecule has 2 heteroatoms. The van der Waals surface area contributed by atoms with E-state index < -0.39 is 0 Å². The standard InChI is InChI=1S/C16H34N2/c1-6-13-17-15(16(2,3)18(4)5)14-11-9-7-8-10-12-14/h14-15,17H,6-13H2,1-5H3. The Kier molecular flexibility index (Phi) is 6.65. The fraction of sp³-hybridized carbons (Fsp3) is 1.00. The van der Waals surface area contributed by atoms with Gasteiger partial charge in [0.15, 0.2) is 0 Å². The lowest BCUT2D eigenvalue weighted by molar-refractivity contribution is 0.0956. The van der Waals surface area contributed by atoms with Gasteiger partial charge in [0.1, 0.15) is 0 Å². The number of nitrogens with one attached hydrogen (secondary N) is 1. The second kappa shape index (κ2) is 7.49. The van der Waals surface area contributed by atoms with E-state index in [1.807, 2.05) is 0 Å². The Morgan fingerprint density at radius 1 is 1.11 bits per heavy atom. The molecule has 1 aliphatic rings. The molecule has 1 fully saturated rings. The first-order valence-electron chi connectivity index (χ1n) is 7.91. The summed E-state index contributed by atoms with van der Waals surface area (Å²) in [7, 11) is 4.44. The number of hydrogen-bond acceptors (Lipinski definition) is 2. The second-order valence-corrected chi connectivity index (χ2v) is 6.73. The molecule has 108 valence electrons. The zero-order valence-electron chi connectivity index (χ0n) is 13.3. The van der Waals surface area contributed by atoms with Crippen molar-refractivity contribution < 1.29 is 0 Å². The molecule has 0 spiro atoms. The van der Waals surface area contributed by atoms with Crippen LogP contribution < -0.4 is 5.32 Å². The Balaban J connectivity index is 2.75. The Labute approximate surface area is 115 Å². The van der Waals surface area contributed by atoms with Gasteiger partial charge in [0.25, 0.3) is 0 Å². The number of hydrogen-bond donors (Lipinski definition) is 1. The lowest BCUT2D eigenvalue weighted by Crippen LogP contribution is -2.58. The minimum Gasteiger partial charge on any atom is -0.312 e. The lowest BCUT2D eigenvalue weighted by atomic mass is 9.79. The third kappa shape index (κ3) is 4.24. The quantitative estimate of drug-likeness (QED) is 0.728. The van der Waals surface area contributed by atoms with Gasteiger partial charge in [0, 0.05) is 11.6 Å². The van der Waals surface area contributed by atoms with E-state index in [0.717, 1.165) is 12.5 Å². The van der Waals surface area contributed by atoms with E-state index in [1.165, 1.54) is 44.9 Å². The molecular weight excluding hydrogens is 220 g/mol. The van der Waals surface area contributed by atoms with E-state index in [0.29, 0.717) is 6.04 Å². The van der Waals surface area contributed by atoms with Gasteiger partial charge < -0.3 is 10.2 Å². The van der Waals surface area contributed by atoms with Crippen LogP contribution in [0.5, 0.6) is 0 Å². The fourth-order valence-electron chi connectivity index (χ4n) is 3.22. The molecule has 0 aromatic heterocycles. The molecule has 0 saturated heterocycles. The van der Waals surface area contributed by atoms with Crippen LogP contribution in [0.25, 0.3) is 0 Å². The highest BCUT2D eigenvalue weighted by Crippen LogP contribution is 2.32. The predicted octanol–water partition coefficient (Wildman–Crippen LogP) is 3.67. The highest BCUT2D eigenvalue weighted by atomic mass is 15.2. The van der Waals surface area contributed by atoms with Gasteiger partial charge in [-0.2, -0.15) is 0 Å². The maximum Gasteiger partial charge on any atom is 0.0302 e. The molecule has 0 radical (unpaired) electrons. The smallest absolute Gasteiger partial charge is 0.0302 e. The van der Waals surface area contributed by atoms with Crippen LogP contribution in [-0.4, -0.2) is 37.1 Å². The Bertz CT molecular complexity index is 215. The molecular formula is C16H34N2. The summed E-state index contributed by atoms with van der Waals surface area (Å²) in [5, 5.41) is 3.85. The normalized spacial score (nSPS) is 21.0. The zero-order valence-corrected chi connectivity index (χ0v) is 13.3. The van der Waals surface area contributed by atoms with Gasteiger partial charge in [-0.1, -0.05) is 32.6 Å². The molecule has 1 rings (SSSR count). The van der Waals surface area contributed by atoms with Crippen LogP contribution in [0.15, 0.2) is 0 Å². The number of nitrogens with zero attached hydrogens (tertiary/aromatic N) is 1. The summed E-state index contributed by atoms with van der Waals surface area (Å²) in [6, 6.07) is 0.630. The summed E-state index contributed by atoms with van der Waals surface area (Å²) in [6.07, 6.45) is 9.81. The van der Waals surface area contributed by atoms with Crippen LogP contribution in [0, 0.1) is 5.92 Å². The van der Waals surface area contributed by atoms with Gasteiger partial charge in [-0.15, -0.1) is 0 Å². The van der Waals surface area contributed by atoms with Gasteiger partial charge in [0.05, 0.1) is 0 Å². The van der Waals surface area contributed by atoms with E-state index in [9.17, 15) is 0 Å². The van der Waals surface area contributed by atoms with Crippen molar-refractivity contribution in [2.24, 2.45) is 5.92 Å². The van der Waals surface area contributed by atoms with Crippen molar-refractivity contribution >= 4 is 0 Å². The second-order valence-electron chi connectivity index (χ2n) is 6.73. The summed E-state index contributed by atoms with van der Waals surface area (Å²) >= 11 is 0. The number of likely N-dealkylation sites (N-methyl/N-ethyl adjacent to an activating group) is 1. The van der Waals surface area contributed by atoms with Crippen LogP contribution in [0.3, 0.4) is 0 Å². The van der Waals surface area contributed by atoms with Crippen molar-refractivity contribution in [1.82, 2.24) is 10.2 Å². The van der Waals surface area contributed by atoms with Gasteiger partial charge in [0.2, 0.25) is 0 Å². The molecule has 0 amide bonds. The summed E-state index contributed by atoms with van der Waals surface area (Å²) in [5.74, 6) is 0.858. The Morgan fingerprint density at radius 3 is 2.11 bits per heavy atom. The molecule has 1 unspecified atom stereocenters. The molecule has 0 aromatic rings. The maximum absolute atomic E-state index is 3.85. The van der Waals surface area contributed by atoms with Crippen molar-refractivity contribution in [2.75, 3.05) is 20.6 Å². The van der Waals surface area contributed by atoms with E-state index in [-0.39, 0.29) is 5.54 Å². The van der Waals surface area contributed by atoms with Crippen molar-refractivity contribution in [3.05, 3.63) is 0 Å². The predicted molar refractivity (Wildman–Crippen MR) is 81.0 cm³/mol. The monoisotopic (exact) mass is 254 g/mol. The van der Waals surface area contributed by atoms with Crippen molar-refractivity contribution in [1.29, 1.82) is 0 Å². The third-order valence-electron chi connectivity index (χ3n) is 4.90. The minimum absolute atomic E-state index is 0.240. The Hall–Kier alpha value is -0.0800. The molecule has 18 heavy (non-hydrogen) atoms. The third-order valence-corrected chi connectivity index (χ3v) is 4.90. The average molecular weight is 254 g/mol. The summed E-state index contributed by atoms with van der Waals surface area (Å²) in [4.78, 5) is 2.39. The largest absolute Gasteiger partial charge is 0.312 e.